The Hall–Kier alpha value is -4.46. The summed E-state index contributed by atoms with van der Waals surface area (Å²) >= 11 is 0. The largest absolute Gasteiger partial charge is 0.399 e. The van der Waals surface area contributed by atoms with Crippen LogP contribution in [-0.2, 0) is 35.3 Å². The summed E-state index contributed by atoms with van der Waals surface area (Å²) in [4.78, 5) is 29.6. The Labute approximate surface area is 271 Å². The number of aliphatic hydroxyl groups excluding tert-OH is 2. The van der Waals surface area contributed by atoms with Gasteiger partial charge in [0.1, 0.15) is 0 Å². The number of likely N-dealkylation sites (tertiary alicyclic amines) is 1. The van der Waals surface area contributed by atoms with Crippen molar-refractivity contribution in [3.8, 4) is 0 Å². The van der Waals surface area contributed by atoms with Crippen molar-refractivity contribution in [1.82, 2.24) is 10.2 Å². The molecule has 1 aliphatic carbocycles. The summed E-state index contributed by atoms with van der Waals surface area (Å²) in [5.41, 5.74) is 11.8. The summed E-state index contributed by atoms with van der Waals surface area (Å²) in [5.74, 6) is -0.949. The lowest BCUT2D eigenvalue weighted by atomic mass is 9.91. The van der Waals surface area contributed by atoms with Gasteiger partial charge in [-0.2, -0.15) is 0 Å². The highest BCUT2D eigenvalue weighted by atomic mass is 16.3. The molecule has 46 heavy (non-hydrogen) atoms. The van der Waals surface area contributed by atoms with Crippen LogP contribution in [0.2, 0.25) is 0 Å². The van der Waals surface area contributed by atoms with Crippen molar-refractivity contribution in [2.24, 2.45) is 11.8 Å². The number of rotatable bonds is 12. The zero-order valence-corrected chi connectivity index (χ0v) is 26.0. The lowest BCUT2D eigenvalue weighted by Crippen LogP contribution is -2.43. The maximum atomic E-state index is 13.9. The fourth-order valence-electron chi connectivity index (χ4n) is 7.30. The molecule has 6 rings (SSSR count). The van der Waals surface area contributed by atoms with Crippen molar-refractivity contribution < 1.29 is 19.8 Å². The number of amides is 2. The van der Waals surface area contributed by atoms with Gasteiger partial charge in [0.15, 0.2) is 0 Å². The van der Waals surface area contributed by atoms with Gasteiger partial charge < -0.3 is 26.2 Å². The highest BCUT2D eigenvalue weighted by molar-refractivity contribution is 5.82. The Kier molecular flexibility index (Phi) is 9.81. The zero-order chi connectivity index (χ0) is 32.0. The summed E-state index contributed by atoms with van der Waals surface area (Å²) in [6.45, 7) is 0.150. The van der Waals surface area contributed by atoms with E-state index in [1.54, 1.807) is 0 Å². The molecule has 4 aromatic carbocycles. The van der Waals surface area contributed by atoms with E-state index in [1.165, 1.54) is 0 Å². The number of nitrogens with zero attached hydrogens (tertiary/aromatic N) is 1. The number of hydrogen-bond acceptors (Lipinski definition) is 5. The summed E-state index contributed by atoms with van der Waals surface area (Å²) in [6, 6.07) is 34.8. The van der Waals surface area contributed by atoms with Crippen molar-refractivity contribution in [3.05, 3.63) is 137 Å². The van der Waals surface area contributed by atoms with Crippen LogP contribution in [0.4, 0.5) is 5.69 Å². The molecule has 6 atom stereocenters. The molecule has 7 heteroatoms. The minimum atomic E-state index is -0.909. The van der Waals surface area contributed by atoms with E-state index in [9.17, 15) is 19.8 Å². The summed E-state index contributed by atoms with van der Waals surface area (Å²) in [7, 11) is 0. The molecule has 4 aromatic rings. The van der Waals surface area contributed by atoms with Gasteiger partial charge in [0, 0.05) is 36.5 Å². The van der Waals surface area contributed by atoms with Gasteiger partial charge in [0.25, 0.3) is 0 Å². The first-order valence-corrected chi connectivity index (χ1v) is 16.3. The van der Waals surface area contributed by atoms with Crippen LogP contribution >= 0.6 is 0 Å². The predicted molar refractivity (Wildman–Crippen MR) is 180 cm³/mol. The highest BCUT2D eigenvalue weighted by Crippen LogP contribution is 2.33. The molecule has 2 amide bonds. The second kappa shape index (κ2) is 14.3. The monoisotopic (exact) mass is 617 g/mol. The molecule has 0 saturated carbocycles. The molecular formula is C39H43N3O4. The number of β-amino-alcohol motifs (C(OH)–C–C–N with tert-alkyl or cyclic N) is 1. The third kappa shape index (κ3) is 7.49. The Balaban J connectivity index is 1.19. The van der Waals surface area contributed by atoms with E-state index in [2.05, 4.69) is 17.4 Å². The van der Waals surface area contributed by atoms with E-state index < -0.39 is 24.2 Å². The standard InChI is InChI=1S/C39H43N3O4/c40-32-16-9-14-28(20-32)19-31-22-33(21-27-12-5-2-6-13-27)42(39(31)46)25-34(43)23-30(18-26-10-3-1-4-11-26)38(45)41-37-35-17-8-7-15-29(35)24-36(37)44/h1-17,20,30-31,33-34,36-37,43-44H,18-19,21-25,40H2,(H,41,45)/t30-,31-,33-,34-,36+,37-/m0/s1. The smallest absolute Gasteiger partial charge is 0.226 e. The van der Waals surface area contributed by atoms with Crippen molar-refractivity contribution >= 4 is 17.5 Å². The molecule has 2 aliphatic rings. The topological polar surface area (TPSA) is 116 Å². The quantitative estimate of drug-likeness (QED) is 0.173. The highest BCUT2D eigenvalue weighted by Gasteiger charge is 2.41. The number of nitrogen functional groups attached to an aromatic ring is 1. The molecule has 1 saturated heterocycles. The van der Waals surface area contributed by atoms with Crippen LogP contribution in [0, 0.1) is 11.8 Å². The van der Waals surface area contributed by atoms with Gasteiger partial charge in [-0.15, -0.1) is 0 Å². The van der Waals surface area contributed by atoms with Gasteiger partial charge in [0.2, 0.25) is 11.8 Å². The first-order valence-electron chi connectivity index (χ1n) is 16.3. The van der Waals surface area contributed by atoms with Crippen LogP contribution < -0.4 is 11.1 Å². The molecule has 0 radical (unpaired) electrons. The van der Waals surface area contributed by atoms with Crippen molar-refractivity contribution in [3.63, 3.8) is 0 Å². The molecular weight excluding hydrogens is 574 g/mol. The fourth-order valence-corrected chi connectivity index (χ4v) is 7.30. The number of hydrogen-bond donors (Lipinski definition) is 4. The summed E-state index contributed by atoms with van der Waals surface area (Å²) < 4.78 is 0. The molecule has 5 N–H and O–H groups in total. The SMILES string of the molecule is Nc1cccc(C[C@H]2C[C@H](Cc3ccccc3)N(C[C@@H](O)C[C@H](Cc3ccccc3)C(=O)N[C@H]3c4ccccc4C[C@H]3O)C2=O)c1. The van der Waals surface area contributed by atoms with E-state index in [0.717, 1.165) is 27.8 Å². The van der Waals surface area contributed by atoms with Gasteiger partial charge in [-0.05, 0) is 72.1 Å². The van der Waals surface area contributed by atoms with E-state index in [0.29, 0.717) is 37.8 Å². The minimum absolute atomic E-state index is 0.0251. The first-order chi connectivity index (χ1) is 22.3. The minimum Gasteiger partial charge on any atom is -0.399 e. The van der Waals surface area contributed by atoms with Crippen LogP contribution in [0.15, 0.2) is 109 Å². The molecule has 238 valence electrons. The zero-order valence-electron chi connectivity index (χ0n) is 26.0. The van der Waals surface area contributed by atoms with Crippen LogP contribution in [0.3, 0.4) is 0 Å². The lowest BCUT2D eigenvalue weighted by Gasteiger charge is -2.29. The number of carbonyl (C=O) groups is 2. The summed E-state index contributed by atoms with van der Waals surface area (Å²) in [6.07, 6.45) is 1.47. The lowest BCUT2D eigenvalue weighted by molar-refractivity contribution is -0.133. The molecule has 0 unspecified atom stereocenters. The maximum absolute atomic E-state index is 13.9. The fraction of sp³-hybridized carbons (Fsp3) is 0.333. The van der Waals surface area contributed by atoms with E-state index in [4.69, 9.17) is 5.73 Å². The number of nitrogens with two attached hydrogens (primary N) is 1. The number of nitrogens with one attached hydrogen (secondary N) is 1. The number of carbonyl (C=O) groups excluding carboxylic acids is 2. The molecule has 0 spiro atoms. The van der Waals surface area contributed by atoms with E-state index in [1.807, 2.05) is 102 Å². The van der Waals surface area contributed by atoms with Gasteiger partial charge in [0.05, 0.1) is 18.2 Å². The van der Waals surface area contributed by atoms with E-state index >= 15 is 0 Å². The van der Waals surface area contributed by atoms with Crippen LogP contribution in [0.1, 0.15) is 46.7 Å². The first kappa shape index (κ1) is 31.5. The van der Waals surface area contributed by atoms with E-state index in [-0.39, 0.29) is 36.7 Å². The summed E-state index contributed by atoms with van der Waals surface area (Å²) in [5, 5.41) is 25.5. The van der Waals surface area contributed by atoms with Gasteiger partial charge in [-0.1, -0.05) is 97.1 Å². The Bertz CT molecular complexity index is 1630. The molecule has 0 aromatic heterocycles. The molecule has 7 nitrogen and oxygen atoms in total. The van der Waals surface area contributed by atoms with Crippen molar-refractivity contribution in [1.29, 1.82) is 0 Å². The normalized spacial score (nSPS) is 22.0. The number of fused-ring (bicyclic) bond motifs is 1. The third-order valence-corrected chi connectivity index (χ3v) is 9.54. The number of benzene rings is 4. The molecule has 1 heterocycles. The van der Waals surface area contributed by atoms with Crippen LogP contribution in [-0.4, -0.2) is 51.7 Å². The second-order valence-electron chi connectivity index (χ2n) is 12.9. The molecule has 1 fully saturated rings. The third-order valence-electron chi connectivity index (χ3n) is 9.54. The second-order valence-corrected chi connectivity index (χ2v) is 12.9. The van der Waals surface area contributed by atoms with Gasteiger partial charge in [-0.25, -0.2) is 0 Å². The van der Waals surface area contributed by atoms with Gasteiger partial charge >= 0.3 is 0 Å². The van der Waals surface area contributed by atoms with Crippen molar-refractivity contribution in [2.75, 3.05) is 12.3 Å². The number of aliphatic hydroxyl groups is 2. The van der Waals surface area contributed by atoms with Crippen LogP contribution in [0.25, 0.3) is 0 Å². The average Bonchev–Trinajstić information content (AvgIpc) is 3.52. The Morgan fingerprint density at radius 2 is 1.54 bits per heavy atom. The van der Waals surface area contributed by atoms with Crippen LogP contribution in [0.5, 0.6) is 0 Å². The maximum Gasteiger partial charge on any atom is 0.226 e. The molecule has 1 aliphatic heterocycles. The Morgan fingerprint density at radius 1 is 0.870 bits per heavy atom. The predicted octanol–water partition coefficient (Wildman–Crippen LogP) is 4.66. The Morgan fingerprint density at radius 3 is 2.28 bits per heavy atom. The van der Waals surface area contributed by atoms with Crippen molar-refractivity contribution in [2.45, 2.75) is 62.8 Å². The average molecular weight is 618 g/mol. The molecule has 0 bridgehead atoms. The number of anilines is 1. The van der Waals surface area contributed by atoms with Gasteiger partial charge in [-0.3, -0.25) is 9.59 Å².